The van der Waals surface area contributed by atoms with E-state index in [-0.39, 0.29) is 18.1 Å². The van der Waals surface area contributed by atoms with Crippen LogP contribution >= 0.6 is 0 Å². The first kappa shape index (κ1) is 21.9. The van der Waals surface area contributed by atoms with Gasteiger partial charge in [-0.15, -0.1) is 0 Å². The van der Waals surface area contributed by atoms with Crippen molar-refractivity contribution < 1.29 is 23.8 Å². The number of ketones is 1. The largest absolute Gasteiger partial charge is 0.493 e. The molecule has 0 spiro atoms. The lowest BCUT2D eigenvalue weighted by atomic mass is 10.0. The second-order valence-electron chi connectivity index (χ2n) is 6.82. The van der Waals surface area contributed by atoms with Crippen molar-refractivity contribution in [1.29, 1.82) is 0 Å². The van der Waals surface area contributed by atoms with E-state index in [1.165, 1.54) is 0 Å². The highest BCUT2D eigenvalue weighted by molar-refractivity contribution is 6.09. The minimum Gasteiger partial charge on any atom is -0.493 e. The van der Waals surface area contributed by atoms with E-state index >= 15 is 0 Å². The number of ether oxygens (including phenoxy) is 3. The van der Waals surface area contributed by atoms with Crippen molar-refractivity contribution in [3.63, 3.8) is 0 Å². The van der Waals surface area contributed by atoms with Crippen molar-refractivity contribution in [2.75, 3.05) is 26.6 Å². The Morgan fingerprint density at radius 2 is 1.48 bits per heavy atom. The van der Waals surface area contributed by atoms with E-state index < -0.39 is 0 Å². The van der Waals surface area contributed by atoms with E-state index in [9.17, 15) is 9.59 Å². The van der Waals surface area contributed by atoms with Gasteiger partial charge in [-0.1, -0.05) is 48.5 Å². The molecule has 0 aliphatic carbocycles. The zero-order chi connectivity index (χ0) is 22.2. The van der Waals surface area contributed by atoms with Crippen LogP contribution in [0.15, 0.2) is 66.7 Å². The van der Waals surface area contributed by atoms with Crippen LogP contribution in [0.1, 0.15) is 27.9 Å². The molecule has 160 valence electrons. The summed E-state index contributed by atoms with van der Waals surface area (Å²) in [6, 6.07) is 19.6. The second kappa shape index (κ2) is 10.3. The van der Waals surface area contributed by atoms with Gasteiger partial charge in [-0.3, -0.25) is 9.59 Å². The topological polar surface area (TPSA) is 73.9 Å². The van der Waals surface area contributed by atoms with E-state index in [0.29, 0.717) is 40.5 Å². The molecule has 0 fully saturated rings. The molecule has 3 aromatic carbocycles. The monoisotopic (exact) mass is 419 g/mol. The molecular formula is C25H25NO5. The van der Waals surface area contributed by atoms with Gasteiger partial charge in [0.25, 0.3) is 0 Å². The zero-order valence-corrected chi connectivity index (χ0v) is 17.8. The van der Waals surface area contributed by atoms with Crippen LogP contribution in [0.2, 0.25) is 0 Å². The van der Waals surface area contributed by atoms with Crippen molar-refractivity contribution >= 4 is 17.4 Å². The Balaban J connectivity index is 1.68. The summed E-state index contributed by atoms with van der Waals surface area (Å²) in [5.41, 5.74) is 2.53. The van der Waals surface area contributed by atoms with Crippen molar-refractivity contribution in [2.45, 2.75) is 12.8 Å². The summed E-state index contributed by atoms with van der Waals surface area (Å²) in [6.45, 7) is 0. The van der Waals surface area contributed by atoms with Gasteiger partial charge in [0.1, 0.15) is 0 Å². The van der Waals surface area contributed by atoms with Crippen LogP contribution in [0, 0.1) is 0 Å². The van der Waals surface area contributed by atoms with Gasteiger partial charge in [0.15, 0.2) is 17.3 Å². The summed E-state index contributed by atoms with van der Waals surface area (Å²) < 4.78 is 16.2. The minimum atomic E-state index is -0.166. The van der Waals surface area contributed by atoms with E-state index in [0.717, 1.165) is 5.56 Å². The number of hydrogen-bond donors (Lipinski definition) is 1. The molecule has 0 aromatic heterocycles. The fraction of sp³-hybridized carbons (Fsp3) is 0.200. The Morgan fingerprint density at radius 3 is 2.16 bits per heavy atom. The first-order valence-corrected chi connectivity index (χ1v) is 9.85. The maximum absolute atomic E-state index is 12.6. The number of aryl methyl sites for hydroxylation is 1. The number of nitrogens with one attached hydrogen (secondary N) is 1. The number of methoxy groups -OCH3 is 3. The van der Waals surface area contributed by atoms with E-state index in [1.54, 1.807) is 63.8 Å². The molecule has 6 heteroatoms. The molecule has 0 heterocycles. The number of amides is 1. The van der Waals surface area contributed by atoms with E-state index in [4.69, 9.17) is 14.2 Å². The van der Waals surface area contributed by atoms with Gasteiger partial charge < -0.3 is 19.5 Å². The van der Waals surface area contributed by atoms with Gasteiger partial charge in [0, 0.05) is 23.2 Å². The van der Waals surface area contributed by atoms with Crippen molar-refractivity contribution in [3.8, 4) is 17.2 Å². The van der Waals surface area contributed by atoms with Crippen LogP contribution in [0.5, 0.6) is 17.2 Å². The fourth-order valence-electron chi connectivity index (χ4n) is 3.33. The van der Waals surface area contributed by atoms with E-state index in [1.807, 2.05) is 24.3 Å². The molecule has 1 amide bonds. The van der Waals surface area contributed by atoms with Crippen LogP contribution < -0.4 is 19.5 Å². The van der Waals surface area contributed by atoms with Crippen LogP contribution in [0.3, 0.4) is 0 Å². The molecule has 0 aliphatic rings. The molecule has 6 nitrogen and oxygen atoms in total. The summed E-state index contributed by atoms with van der Waals surface area (Å²) >= 11 is 0. The predicted octanol–water partition coefficient (Wildman–Crippen LogP) is 4.51. The Hall–Kier alpha value is -3.80. The highest BCUT2D eigenvalue weighted by Gasteiger charge is 2.17. The summed E-state index contributed by atoms with van der Waals surface area (Å²) in [6.07, 6.45) is 0.695. The summed E-state index contributed by atoms with van der Waals surface area (Å²) in [7, 11) is 4.65. The standard InChI is InChI=1S/C25H25NO5/c1-29-21-14-12-18(24(30-2)25(21)31-3)13-15-22(27)26-20-11-7-10-19(16-20)23(28)17-8-5-4-6-9-17/h4-12,14,16H,13,15H2,1-3H3,(H,26,27). The molecule has 0 bridgehead atoms. The quantitative estimate of drug-likeness (QED) is 0.517. The van der Waals surface area contributed by atoms with Crippen molar-refractivity contribution in [1.82, 2.24) is 0 Å². The lowest BCUT2D eigenvalue weighted by Gasteiger charge is -2.15. The summed E-state index contributed by atoms with van der Waals surface area (Å²) in [4.78, 5) is 25.2. The third-order valence-corrected chi connectivity index (χ3v) is 4.85. The number of hydrogen-bond acceptors (Lipinski definition) is 5. The molecule has 31 heavy (non-hydrogen) atoms. The predicted molar refractivity (Wildman–Crippen MR) is 119 cm³/mol. The molecule has 0 aliphatic heterocycles. The van der Waals surface area contributed by atoms with Crippen LogP contribution in [-0.4, -0.2) is 33.0 Å². The number of anilines is 1. The Labute approximate surface area is 181 Å². The minimum absolute atomic E-state index is 0.0910. The highest BCUT2D eigenvalue weighted by Crippen LogP contribution is 2.40. The van der Waals surface area contributed by atoms with Gasteiger partial charge in [0.2, 0.25) is 11.7 Å². The normalized spacial score (nSPS) is 10.3. The third-order valence-electron chi connectivity index (χ3n) is 4.85. The lowest BCUT2D eigenvalue weighted by Crippen LogP contribution is -2.13. The molecule has 1 N–H and O–H groups in total. The Kier molecular flexibility index (Phi) is 7.27. The van der Waals surface area contributed by atoms with Crippen molar-refractivity contribution in [3.05, 3.63) is 83.4 Å². The second-order valence-corrected chi connectivity index (χ2v) is 6.82. The average Bonchev–Trinajstić information content (AvgIpc) is 2.82. The molecule has 0 radical (unpaired) electrons. The zero-order valence-electron chi connectivity index (χ0n) is 17.8. The molecule has 0 atom stereocenters. The Bertz CT molecular complexity index is 1060. The number of carbonyl (C=O) groups is 2. The van der Waals surface area contributed by atoms with Crippen molar-refractivity contribution in [2.24, 2.45) is 0 Å². The number of benzene rings is 3. The van der Waals surface area contributed by atoms with Crippen LogP contribution in [0.4, 0.5) is 5.69 Å². The molecule has 0 unspecified atom stereocenters. The molecule has 3 rings (SSSR count). The first-order valence-electron chi connectivity index (χ1n) is 9.85. The molecule has 0 saturated heterocycles. The van der Waals surface area contributed by atoms with Gasteiger partial charge in [-0.05, 0) is 30.2 Å². The Morgan fingerprint density at radius 1 is 0.774 bits per heavy atom. The smallest absolute Gasteiger partial charge is 0.224 e. The van der Waals surface area contributed by atoms with Gasteiger partial charge in [-0.25, -0.2) is 0 Å². The third kappa shape index (κ3) is 5.22. The first-order chi connectivity index (χ1) is 15.1. The fourth-order valence-corrected chi connectivity index (χ4v) is 3.33. The molecular weight excluding hydrogens is 394 g/mol. The number of rotatable bonds is 9. The SMILES string of the molecule is COc1ccc(CCC(=O)Nc2cccc(C(=O)c3ccccc3)c2)c(OC)c1OC. The van der Waals surface area contributed by atoms with Crippen LogP contribution in [0.25, 0.3) is 0 Å². The molecule has 3 aromatic rings. The lowest BCUT2D eigenvalue weighted by molar-refractivity contribution is -0.116. The summed E-state index contributed by atoms with van der Waals surface area (Å²) in [5.74, 6) is 1.35. The van der Waals surface area contributed by atoms with Gasteiger partial charge >= 0.3 is 0 Å². The average molecular weight is 419 g/mol. The van der Waals surface area contributed by atoms with Gasteiger partial charge in [0.05, 0.1) is 21.3 Å². The van der Waals surface area contributed by atoms with E-state index in [2.05, 4.69) is 5.32 Å². The van der Waals surface area contributed by atoms with Crippen LogP contribution in [-0.2, 0) is 11.2 Å². The maximum atomic E-state index is 12.6. The summed E-state index contributed by atoms with van der Waals surface area (Å²) in [5, 5.41) is 2.86. The number of carbonyl (C=O) groups excluding carboxylic acids is 2. The highest BCUT2D eigenvalue weighted by atomic mass is 16.5. The maximum Gasteiger partial charge on any atom is 0.224 e. The van der Waals surface area contributed by atoms with Gasteiger partial charge in [-0.2, -0.15) is 0 Å². The molecule has 0 saturated carbocycles.